The Bertz CT molecular complexity index is 1060. The van der Waals surface area contributed by atoms with Gasteiger partial charge in [0, 0.05) is 19.3 Å². The number of esters is 3. The summed E-state index contributed by atoms with van der Waals surface area (Å²) in [4.78, 5) is 37.7. The zero-order valence-electron chi connectivity index (χ0n) is 46.2. The Morgan fingerprint density at radius 3 is 0.779 bits per heavy atom. The predicted octanol–water partition coefficient (Wildman–Crippen LogP) is 20.5. The van der Waals surface area contributed by atoms with Crippen LogP contribution in [0.5, 0.6) is 0 Å². The van der Waals surface area contributed by atoms with Crippen LogP contribution in [0.2, 0.25) is 0 Å². The molecule has 6 heteroatoms. The quantitative estimate of drug-likeness (QED) is 0.0262. The zero-order chi connectivity index (χ0) is 49.3. The van der Waals surface area contributed by atoms with Crippen LogP contribution in [0.3, 0.4) is 0 Å². The van der Waals surface area contributed by atoms with Gasteiger partial charge in [-0.2, -0.15) is 0 Å². The summed E-state index contributed by atoms with van der Waals surface area (Å²) in [5, 5.41) is 0. The molecule has 0 spiro atoms. The standard InChI is InChI=1S/C62H118O6/c1-4-7-10-13-16-18-20-21-22-23-24-25-26-27-28-29-30-31-32-33-34-35-36-37-38-39-40-41-43-44-46-49-52-55-61(64)67-58-59(57-66-60(63)54-51-48-15-12-9-6-3)68-62(65)56-53-50-47-45-42-19-17-14-11-8-5-2/h14,17,59H,4-13,15-16,18-58H2,1-3H3/b17-14-. The van der Waals surface area contributed by atoms with Crippen LogP contribution in [-0.4, -0.2) is 37.2 Å². The third-order valence-corrected chi connectivity index (χ3v) is 14.0. The molecule has 0 aromatic carbocycles. The summed E-state index contributed by atoms with van der Waals surface area (Å²) in [5.74, 6) is -0.872. The summed E-state index contributed by atoms with van der Waals surface area (Å²) in [7, 11) is 0. The fourth-order valence-electron chi connectivity index (χ4n) is 9.37. The lowest BCUT2D eigenvalue weighted by Crippen LogP contribution is -2.30. The summed E-state index contributed by atoms with van der Waals surface area (Å²) < 4.78 is 16.7. The summed E-state index contributed by atoms with van der Waals surface area (Å²) in [6, 6.07) is 0. The van der Waals surface area contributed by atoms with Crippen molar-refractivity contribution < 1.29 is 28.6 Å². The van der Waals surface area contributed by atoms with E-state index in [2.05, 4.69) is 32.9 Å². The average molecular weight is 960 g/mol. The molecule has 6 nitrogen and oxygen atoms in total. The van der Waals surface area contributed by atoms with Crippen LogP contribution < -0.4 is 0 Å². The Morgan fingerprint density at radius 1 is 0.279 bits per heavy atom. The Hall–Kier alpha value is -1.85. The third-order valence-electron chi connectivity index (χ3n) is 14.0. The first-order valence-electron chi connectivity index (χ1n) is 30.7. The highest BCUT2D eigenvalue weighted by Crippen LogP contribution is 2.18. The summed E-state index contributed by atoms with van der Waals surface area (Å²) in [6.45, 7) is 6.58. The van der Waals surface area contributed by atoms with Crippen molar-refractivity contribution in [3.8, 4) is 0 Å². The zero-order valence-corrected chi connectivity index (χ0v) is 46.2. The molecule has 0 rings (SSSR count). The lowest BCUT2D eigenvalue weighted by Gasteiger charge is -2.18. The molecule has 0 radical (unpaired) electrons. The maximum Gasteiger partial charge on any atom is 0.306 e. The lowest BCUT2D eigenvalue weighted by molar-refractivity contribution is -0.167. The molecule has 0 aliphatic rings. The van der Waals surface area contributed by atoms with Crippen molar-refractivity contribution in [3.63, 3.8) is 0 Å². The molecule has 1 unspecified atom stereocenters. The van der Waals surface area contributed by atoms with Gasteiger partial charge in [-0.15, -0.1) is 0 Å². The second kappa shape index (κ2) is 57.7. The molecular formula is C62H118O6. The largest absolute Gasteiger partial charge is 0.462 e. The molecule has 402 valence electrons. The fraction of sp³-hybridized carbons (Fsp3) is 0.919. The van der Waals surface area contributed by atoms with E-state index in [9.17, 15) is 14.4 Å². The smallest absolute Gasteiger partial charge is 0.306 e. The molecular weight excluding hydrogens is 841 g/mol. The number of hydrogen-bond acceptors (Lipinski definition) is 6. The molecule has 68 heavy (non-hydrogen) atoms. The van der Waals surface area contributed by atoms with Gasteiger partial charge in [-0.3, -0.25) is 14.4 Å². The van der Waals surface area contributed by atoms with E-state index in [0.717, 1.165) is 64.2 Å². The first-order chi connectivity index (χ1) is 33.5. The first kappa shape index (κ1) is 66.2. The molecule has 0 saturated heterocycles. The minimum atomic E-state index is -0.766. The van der Waals surface area contributed by atoms with E-state index in [4.69, 9.17) is 14.2 Å². The maximum atomic E-state index is 12.7. The van der Waals surface area contributed by atoms with Crippen LogP contribution in [0.1, 0.15) is 348 Å². The van der Waals surface area contributed by atoms with Gasteiger partial charge in [0.1, 0.15) is 13.2 Å². The lowest BCUT2D eigenvalue weighted by atomic mass is 10.0. The van der Waals surface area contributed by atoms with Crippen LogP contribution in [0.25, 0.3) is 0 Å². The summed E-state index contributed by atoms with van der Waals surface area (Å²) in [6.07, 6.45) is 67.2. The SMILES string of the molecule is CCCC/C=C\CCCCCCCC(=O)OC(COC(=O)CCCCCCCC)COC(=O)CCCCCCCCCCCCCCCCCCCCCCCCCCCCCCCCCCC. The molecule has 0 fully saturated rings. The van der Waals surface area contributed by atoms with Crippen LogP contribution in [0.15, 0.2) is 12.2 Å². The number of carbonyl (C=O) groups excluding carboxylic acids is 3. The number of allylic oxidation sites excluding steroid dienone is 2. The van der Waals surface area contributed by atoms with Crippen molar-refractivity contribution in [2.24, 2.45) is 0 Å². The van der Waals surface area contributed by atoms with Crippen LogP contribution in [0, 0.1) is 0 Å². The second-order valence-electron chi connectivity index (χ2n) is 21.0. The highest BCUT2D eigenvalue weighted by molar-refractivity contribution is 5.71. The van der Waals surface area contributed by atoms with Crippen molar-refractivity contribution in [2.45, 2.75) is 354 Å². The number of ether oxygens (including phenoxy) is 3. The summed E-state index contributed by atoms with van der Waals surface area (Å²) in [5.41, 5.74) is 0. The van der Waals surface area contributed by atoms with Gasteiger partial charge >= 0.3 is 17.9 Å². The molecule has 0 N–H and O–H groups in total. The van der Waals surface area contributed by atoms with Crippen molar-refractivity contribution in [3.05, 3.63) is 12.2 Å². The molecule has 1 atom stereocenters. The normalized spacial score (nSPS) is 12.0. The van der Waals surface area contributed by atoms with Gasteiger partial charge < -0.3 is 14.2 Å². The molecule has 0 aromatic rings. The van der Waals surface area contributed by atoms with Crippen molar-refractivity contribution >= 4 is 17.9 Å². The van der Waals surface area contributed by atoms with Crippen molar-refractivity contribution in [2.75, 3.05) is 13.2 Å². The van der Waals surface area contributed by atoms with Crippen LogP contribution in [-0.2, 0) is 28.6 Å². The maximum absolute atomic E-state index is 12.7. The van der Waals surface area contributed by atoms with Crippen LogP contribution >= 0.6 is 0 Å². The Morgan fingerprint density at radius 2 is 0.500 bits per heavy atom. The topological polar surface area (TPSA) is 78.9 Å². The Balaban J connectivity index is 3.82. The van der Waals surface area contributed by atoms with E-state index < -0.39 is 6.10 Å². The van der Waals surface area contributed by atoms with E-state index in [0.29, 0.717) is 19.3 Å². The second-order valence-corrected chi connectivity index (χ2v) is 21.0. The number of carbonyl (C=O) groups is 3. The highest BCUT2D eigenvalue weighted by atomic mass is 16.6. The Kier molecular flexibility index (Phi) is 56.2. The van der Waals surface area contributed by atoms with E-state index in [1.165, 1.54) is 244 Å². The van der Waals surface area contributed by atoms with Gasteiger partial charge in [-0.05, 0) is 38.5 Å². The summed E-state index contributed by atoms with van der Waals surface area (Å²) >= 11 is 0. The van der Waals surface area contributed by atoms with Gasteiger partial charge in [0.25, 0.3) is 0 Å². The molecule has 0 amide bonds. The number of unbranched alkanes of at least 4 members (excludes halogenated alkanes) is 44. The number of hydrogen-bond donors (Lipinski definition) is 0. The molecule has 0 aliphatic heterocycles. The van der Waals surface area contributed by atoms with Gasteiger partial charge in [0.15, 0.2) is 6.10 Å². The van der Waals surface area contributed by atoms with Crippen molar-refractivity contribution in [1.82, 2.24) is 0 Å². The van der Waals surface area contributed by atoms with Gasteiger partial charge in [-0.1, -0.05) is 303 Å². The van der Waals surface area contributed by atoms with E-state index in [-0.39, 0.29) is 31.1 Å². The molecule has 0 aliphatic carbocycles. The van der Waals surface area contributed by atoms with E-state index >= 15 is 0 Å². The highest BCUT2D eigenvalue weighted by Gasteiger charge is 2.19. The molecule has 0 heterocycles. The molecule has 0 aromatic heterocycles. The van der Waals surface area contributed by atoms with Gasteiger partial charge in [0.2, 0.25) is 0 Å². The molecule has 0 bridgehead atoms. The molecule has 0 saturated carbocycles. The van der Waals surface area contributed by atoms with Crippen molar-refractivity contribution in [1.29, 1.82) is 0 Å². The number of rotatable bonds is 57. The Labute approximate surface area is 424 Å². The third kappa shape index (κ3) is 55.1. The average Bonchev–Trinajstić information content (AvgIpc) is 3.34. The van der Waals surface area contributed by atoms with E-state index in [1.807, 2.05) is 0 Å². The monoisotopic (exact) mass is 959 g/mol. The predicted molar refractivity (Wildman–Crippen MR) is 293 cm³/mol. The minimum absolute atomic E-state index is 0.0692. The fourth-order valence-corrected chi connectivity index (χ4v) is 9.37. The first-order valence-corrected chi connectivity index (χ1v) is 30.7. The van der Waals surface area contributed by atoms with Gasteiger partial charge in [0.05, 0.1) is 0 Å². The van der Waals surface area contributed by atoms with E-state index in [1.54, 1.807) is 0 Å². The minimum Gasteiger partial charge on any atom is -0.462 e. The van der Waals surface area contributed by atoms with Gasteiger partial charge in [-0.25, -0.2) is 0 Å². The van der Waals surface area contributed by atoms with Crippen LogP contribution in [0.4, 0.5) is 0 Å².